The second-order valence-corrected chi connectivity index (χ2v) is 7.80. The van der Waals surface area contributed by atoms with E-state index in [0.29, 0.717) is 23.6 Å². The minimum atomic E-state index is -0.184. The minimum Gasteiger partial charge on any atom is -0.384 e. The smallest absolute Gasteiger partial charge is 0.255 e. The third-order valence-electron chi connectivity index (χ3n) is 5.21. The van der Waals surface area contributed by atoms with Crippen molar-refractivity contribution in [2.24, 2.45) is 7.05 Å². The van der Waals surface area contributed by atoms with Gasteiger partial charge in [0.2, 0.25) is 5.91 Å². The van der Waals surface area contributed by atoms with Crippen LogP contribution < -0.4 is 16.0 Å². The van der Waals surface area contributed by atoms with E-state index < -0.39 is 0 Å². The lowest BCUT2D eigenvalue weighted by Crippen LogP contribution is -2.31. The summed E-state index contributed by atoms with van der Waals surface area (Å²) in [6.45, 7) is 0.428. The molecule has 33 heavy (non-hydrogen) atoms. The Morgan fingerprint density at radius 2 is 1.73 bits per heavy atom. The number of nitrogens with two attached hydrogens (primary N) is 1. The van der Waals surface area contributed by atoms with Crippen molar-refractivity contribution in [3.63, 3.8) is 0 Å². The van der Waals surface area contributed by atoms with Gasteiger partial charge in [-0.3, -0.25) is 9.59 Å². The molecular weight excluding hydrogens is 414 g/mol. The van der Waals surface area contributed by atoms with Crippen LogP contribution in [-0.4, -0.2) is 21.4 Å². The highest BCUT2D eigenvalue weighted by Gasteiger charge is 2.18. The number of pyridine rings is 1. The zero-order valence-corrected chi connectivity index (χ0v) is 18.3. The first kappa shape index (κ1) is 21.8. The van der Waals surface area contributed by atoms with Crippen LogP contribution in [0.4, 0.5) is 17.2 Å². The Morgan fingerprint density at radius 3 is 2.36 bits per heavy atom. The summed E-state index contributed by atoms with van der Waals surface area (Å²) in [5.41, 5.74) is 9.45. The van der Waals surface area contributed by atoms with Gasteiger partial charge in [-0.05, 0) is 59.7 Å². The summed E-state index contributed by atoms with van der Waals surface area (Å²) in [5.74, 6) is 0.170. The van der Waals surface area contributed by atoms with Crippen molar-refractivity contribution < 1.29 is 9.59 Å². The molecule has 4 rings (SSSR count). The number of hydrogen-bond donors (Lipinski definition) is 2. The van der Waals surface area contributed by atoms with Crippen LogP contribution in [0, 0.1) is 0 Å². The minimum absolute atomic E-state index is 0.0634. The second-order valence-electron chi connectivity index (χ2n) is 7.80. The first-order valence-corrected chi connectivity index (χ1v) is 10.6. The van der Waals surface area contributed by atoms with Crippen molar-refractivity contribution in [3.05, 3.63) is 108 Å². The number of carbonyl (C=O) groups is 2. The lowest BCUT2D eigenvalue weighted by Gasteiger charge is -2.23. The molecule has 0 saturated heterocycles. The summed E-state index contributed by atoms with van der Waals surface area (Å²) in [4.78, 5) is 31.5. The predicted octanol–water partition coefficient (Wildman–Crippen LogP) is 4.03. The van der Waals surface area contributed by atoms with E-state index in [1.807, 2.05) is 66.5 Å². The van der Waals surface area contributed by atoms with Gasteiger partial charge in [-0.15, -0.1) is 0 Å². The molecule has 2 amide bonds. The third-order valence-corrected chi connectivity index (χ3v) is 5.21. The molecule has 2 aromatic heterocycles. The lowest BCUT2D eigenvalue weighted by molar-refractivity contribution is -0.118. The van der Waals surface area contributed by atoms with Gasteiger partial charge in [-0.25, -0.2) is 4.98 Å². The Balaban J connectivity index is 1.53. The van der Waals surface area contributed by atoms with E-state index in [9.17, 15) is 9.59 Å². The highest BCUT2D eigenvalue weighted by atomic mass is 16.2. The van der Waals surface area contributed by atoms with Crippen LogP contribution in [0.1, 0.15) is 21.5 Å². The SMILES string of the molecule is Cn1ccc(CN(C(=O)Cc2ccc(N)nc2)c2ccc(NC(=O)c3ccccc3)cc2)c1. The molecule has 3 N–H and O–H groups in total. The summed E-state index contributed by atoms with van der Waals surface area (Å²) in [6, 6.07) is 21.8. The highest BCUT2D eigenvalue weighted by Crippen LogP contribution is 2.22. The summed E-state index contributed by atoms with van der Waals surface area (Å²) >= 11 is 0. The molecule has 0 bridgehead atoms. The molecule has 0 atom stereocenters. The van der Waals surface area contributed by atoms with Crippen LogP contribution in [0.15, 0.2) is 91.4 Å². The van der Waals surface area contributed by atoms with Crippen LogP contribution in [0.2, 0.25) is 0 Å². The van der Waals surface area contributed by atoms with Gasteiger partial charge in [0, 0.05) is 42.6 Å². The zero-order chi connectivity index (χ0) is 23.2. The van der Waals surface area contributed by atoms with Gasteiger partial charge in [-0.2, -0.15) is 0 Å². The number of aryl methyl sites for hydroxylation is 1. The van der Waals surface area contributed by atoms with E-state index in [2.05, 4.69) is 10.3 Å². The van der Waals surface area contributed by atoms with Gasteiger partial charge >= 0.3 is 0 Å². The zero-order valence-electron chi connectivity index (χ0n) is 18.3. The molecule has 7 heteroatoms. The number of amides is 2. The van der Waals surface area contributed by atoms with Crippen LogP contribution in [0.3, 0.4) is 0 Å². The van der Waals surface area contributed by atoms with Crippen molar-refractivity contribution in [3.8, 4) is 0 Å². The van der Waals surface area contributed by atoms with Crippen LogP contribution in [0.25, 0.3) is 0 Å². The number of benzene rings is 2. The highest BCUT2D eigenvalue weighted by molar-refractivity contribution is 6.04. The van der Waals surface area contributed by atoms with Crippen molar-refractivity contribution in [1.82, 2.24) is 9.55 Å². The Labute approximate surface area is 192 Å². The third kappa shape index (κ3) is 5.65. The summed E-state index contributed by atoms with van der Waals surface area (Å²) in [6.07, 6.45) is 5.76. The number of nitrogen functional groups attached to an aromatic ring is 1. The van der Waals surface area contributed by atoms with Crippen LogP contribution >= 0.6 is 0 Å². The molecule has 166 valence electrons. The average Bonchev–Trinajstić information content (AvgIpc) is 3.25. The Bertz CT molecular complexity index is 1230. The fraction of sp³-hybridized carbons (Fsp3) is 0.115. The van der Waals surface area contributed by atoms with Gasteiger partial charge in [0.1, 0.15) is 5.82 Å². The molecule has 0 saturated carbocycles. The van der Waals surface area contributed by atoms with E-state index in [1.165, 1.54) is 0 Å². The molecule has 0 unspecified atom stereocenters. The molecule has 0 aliphatic heterocycles. The van der Waals surface area contributed by atoms with E-state index in [-0.39, 0.29) is 18.2 Å². The standard InChI is InChI=1S/C26H25N5O2/c1-30-14-13-20(17-30)18-31(25(32)15-19-7-12-24(27)28-16-19)23-10-8-22(9-11-23)29-26(33)21-5-3-2-4-6-21/h2-14,16-17H,15,18H2,1H3,(H2,27,28)(H,29,33). The van der Waals surface area contributed by atoms with Gasteiger partial charge in [0.25, 0.3) is 5.91 Å². The number of aromatic nitrogens is 2. The Hall–Kier alpha value is -4.39. The maximum atomic E-state index is 13.2. The maximum absolute atomic E-state index is 13.2. The molecule has 4 aromatic rings. The molecule has 0 aliphatic carbocycles. The largest absolute Gasteiger partial charge is 0.384 e. The van der Waals surface area contributed by atoms with E-state index >= 15 is 0 Å². The monoisotopic (exact) mass is 439 g/mol. The number of carbonyl (C=O) groups excluding carboxylic acids is 2. The van der Waals surface area contributed by atoms with Crippen molar-refractivity contribution >= 4 is 29.0 Å². The molecule has 0 fully saturated rings. The van der Waals surface area contributed by atoms with Gasteiger partial charge in [0.05, 0.1) is 13.0 Å². The molecule has 0 radical (unpaired) electrons. The molecule has 0 spiro atoms. The van der Waals surface area contributed by atoms with Gasteiger partial charge in [0.15, 0.2) is 0 Å². The normalized spacial score (nSPS) is 10.6. The van der Waals surface area contributed by atoms with Crippen molar-refractivity contribution in [2.45, 2.75) is 13.0 Å². The number of nitrogens with one attached hydrogen (secondary N) is 1. The number of anilines is 3. The van der Waals surface area contributed by atoms with Crippen molar-refractivity contribution in [1.29, 1.82) is 0 Å². The van der Waals surface area contributed by atoms with Gasteiger partial charge < -0.3 is 20.5 Å². The summed E-state index contributed by atoms with van der Waals surface area (Å²) in [7, 11) is 1.94. The lowest BCUT2D eigenvalue weighted by atomic mass is 10.1. The molecule has 2 heterocycles. The van der Waals surface area contributed by atoms with E-state index in [4.69, 9.17) is 5.73 Å². The van der Waals surface area contributed by atoms with Crippen LogP contribution in [-0.2, 0) is 24.8 Å². The molecule has 2 aromatic carbocycles. The first-order valence-electron chi connectivity index (χ1n) is 10.6. The molecule has 0 aliphatic rings. The van der Waals surface area contributed by atoms with E-state index in [1.54, 1.807) is 41.4 Å². The Morgan fingerprint density at radius 1 is 0.970 bits per heavy atom. The molecule has 7 nitrogen and oxygen atoms in total. The number of rotatable bonds is 7. The fourth-order valence-corrected chi connectivity index (χ4v) is 3.49. The predicted molar refractivity (Wildman–Crippen MR) is 130 cm³/mol. The van der Waals surface area contributed by atoms with E-state index in [0.717, 1.165) is 16.8 Å². The van der Waals surface area contributed by atoms with Crippen LogP contribution in [0.5, 0.6) is 0 Å². The quantitative estimate of drug-likeness (QED) is 0.455. The second kappa shape index (κ2) is 9.82. The molecular formula is C26H25N5O2. The summed E-state index contributed by atoms with van der Waals surface area (Å²) < 4.78 is 1.95. The average molecular weight is 440 g/mol. The maximum Gasteiger partial charge on any atom is 0.255 e. The van der Waals surface area contributed by atoms with Gasteiger partial charge in [-0.1, -0.05) is 24.3 Å². The first-order chi connectivity index (χ1) is 16.0. The summed E-state index contributed by atoms with van der Waals surface area (Å²) in [5, 5.41) is 2.89. The Kier molecular flexibility index (Phi) is 6.50. The number of nitrogens with zero attached hydrogens (tertiary/aromatic N) is 3. The number of hydrogen-bond acceptors (Lipinski definition) is 4. The fourth-order valence-electron chi connectivity index (χ4n) is 3.49. The van der Waals surface area contributed by atoms with Crippen molar-refractivity contribution in [2.75, 3.05) is 16.0 Å². The topological polar surface area (TPSA) is 93.2 Å².